The molecule has 0 bridgehead atoms. The van der Waals surface area contributed by atoms with Gasteiger partial charge in [0.05, 0.1) is 5.69 Å². The Morgan fingerprint density at radius 3 is 2.59 bits per heavy atom. The number of nitrogens with one attached hydrogen (secondary N) is 2. The predicted molar refractivity (Wildman–Crippen MR) is 127 cm³/mol. The van der Waals surface area contributed by atoms with E-state index in [2.05, 4.69) is 42.6 Å². The standard InChI is InChI=1S/C23H21ClFN7/c24-14-1-6-19(25)18(13-14)20-21-17(7-8-28-20)22(26)31-23(30-21)29-15-2-4-16(5-3-15)32-11-9-27-10-12-32/h1-8,13,27H,9-12H2,(H3,26,29,30,31). The fourth-order valence-electron chi connectivity index (χ4n) is 3.82. The zero-order valence-electron chi connectivity index (χ0n) is 17.1. The van der Waals surface area contributed by atoms with Gasteiger partial charge in [-0.2, -0.15) is 4.98 Å². The topological polar surface area (TPSA) is 92.0 Å². The lowest BCUT2D eigenvalue weighted by Crippen LogP contribution is -2.43. The largest absolute Gasteiger partial charge is 0.383 e. The Hall–Kier alpha value is -3.49. The van der Waals surface area contributed by atoms with Crippen molar-refractivity contribution in [3.8, 4) is 11.3 Å². The summed E-state index contributed by atoms with van der Waals surface area (Å²) in [6.45, 7) is 3.92. The molecule has 2 aromatic heterocycles. The van der Waals surface area contributed by atoms with E-state index in [9.17, 15) is 4.39 Å². The van der Waals surface area contributed by atoms with Gasteiger partial charge in [0, 0.05) is 59.7 Å². The molecule has 0 amide bonds. The van der Waals surface area contributed by atoms with Gasteiger partial charge in [-0.05, 0) is 48.5 Å². The summed E-state index contributed by atoms with van der Waals surface area (Å²) in [6, 6.07) is 14.1. The van der Waals surface area contributed by atoms with Crippen LogP contribution in [0, 0.1) is 5.82 Å². The first-order chi connectivity index (χ1) is 15.6. The minimum absolute atomic E-state index is 0.257. The van der Waals surface area contributed by atoms with Gasteiger partial charge in [0.15, 0.2) is 0 Å². The van der Waals surface area contributed by atoms with Gasteiger partial charge in [-0.25, -0.2) is 9.37 Å². The normalized spacial score (nSPS) is 14.0. The highest BCUT2D eigenvalue weighted by atomic mass is 35.5. The average Bonchev–Trinajstić information content (AvgIpc) is 2.81. The Balaban J connectivity index is 1.49. The Kier molecular flexibility index (Phi) is 5.46. The van der Waals surface area contributed by atoms with Crippen LogP contribution in [0.2, 0.25) is 5.02 Å². The summed E-state index contributed by atoms with van der Waals surface area (Å²) in [5.41, 5.74) is 9.24. The summed E-state index contributed by atoms with van der Waals surface area (Å²) in [6.07, 6.45) is 1.56. The quantitative estimate of drug-likeness (QED) is 0.429. The van der Waals surface area contributed by atoms with Crippen molar-refractivity contribution in [2.24, 2.45) is 0 Å². The number of nitrogen functional groups attached to an aromatic ring is 1. The van der Waals surface area contributed by atoms with E-state index in [1.165, 1.54) is 23.9 Å². The molecule has 1 fully saturated rings. The number of piperazine rings is 1. The number of hydrogen-bond acceptors (Lipinski definition) is 7. The zero-order chi connectivity index (χ0) is 22.1. The molecule has 0 spiro atoms. The molecule has 0 radical (unpaired) electrons. The molecule has 0 atom stereocenters. The third-order valence-electron chi connectivity index (χ3n) is 5.43. The van der Waals surface area contributed by atoms with Crippen molar-refractivity contribution in [1.29, 1.82) is 0 Å². The highest BCUT2D eigenvalue weighted by Gasteiger charge is 2.16. The first-order valence-electron chi connectivity index (χ1n) is 10.3. The Bertz CT molecular complexity index is 1270. The molecule has 4 aromatic rings. The molecule has 2 aromatic carbocycles. The molecule has 1 aliphatic heterocycles. The fourth-order valence-corrected chi connectivity index (χ4v) is 3.99. The van der Waals surface area contributed by atoms with E-state index >= 15 is 0 Å². The van der Waals surface area contributed by atoms with Crippen molar-refractivity contribution < 1.29 is 4.39 Å². The van der Waals surface area contributed by atoms with Gasteiger partial charge >= 0.3 is 0 Å². The van der Waals surface area contributed by atoms with Gasteiger partial charge in [0.2, 0.25) is 5.95 Å². The monoisotopic (exact) mass is 449 g/mol. The lowest BCUT2D eigenvalue weighted by Gasteiger charge is -2.29. The van der Waals surface area contributed by atoms with E-state index < -0.39 is 5.82 Å². The Morgan fingerprint density at radius 1 is 1.03 bits per heavy atom. The van der Waals surface area contributed by atoms with Gasteiger partial charge in [-0.15, -0.1) is 0 Å². The van der Waals surface area contributed by atoms with Crippen LogP contribution in [0.3, 0.4) is 0 Å². The molecule has 7 nitrogen and oxygen atoms in total. The maximum atomic E-state index is 14.5. The van der Waals surface area contributed by atoms with Gasteiger partial charge in [0.1, 0.15) is 17.2 Å². The van der Waals surface area contributed by atoms with Crippen molar-refractivity contribution in [3.05, 3.63) is 65.6 Å². The molecule has 4 N–H and O–H groups in total. The van der Waals surface area contributed by atoms with Crippen molar-refractivity contribution >= 4 is 45.6 Å². The second-order valence-electron chi connectivity index (χ2n) is 7.52. The Morgan fingerprint density at radius 2 is 1.81 bits per heavy atom. The number of pyridine rings is 1. The number of hydrogen-bond donors (Lipinski definition) is 3. The summed E-state index contributed by atoms with van der Waals surface area (Å²) in [5, 5.41) is 7.54. The van der Waals surface area contributed by atoms with E-state index in [0.29, 0.717) is 27.6 Å². The van der Waals surface area contributed by atoms with Gasteiger partial charge < -0.3 is 21.3 Å². The van der Waals surface area contributed by atoms with Crippen molar-refractivity contribution in [2.75, 3.05) is 42.1 Å². The second kappa shape index (κ2) is 8.57. The maximum absolute atomic E-state index is 14.5. The average molecular weight is 450 g/mol. The highest BCUT2D eigenvalue weighted by Crippen LogP contribution is 2.32. The predicted octanol–water partition coefficient (Wildman–Crippen LogP) is 4.22. The van der Waals surface area contributed by atoms with Crippen LogP contribution in [0.25, 0.3) is 22.2 Å². The molecule has 0 aliphatic carbocycles. The summed E-state index contributed by atoms with van der Waals surface area (Å²) in [7, 11) is 0. The van der Waals surface area contributed by atoms with Crippen molar-refractivity contribution in [2.45, 2.75) is 0 Å². The number of anilines is 4. The summed E-state index contributed by atoms with van der Waals surface area (Å²) >= 11 is 6.09. The van der Waals surface area contributed by atoms with Crippen LogP contribution in [0.15, 0.2) is 54.7 Å². The number of halogens is 2. The van der Waals surface area contributed by atoms with Crippen molar-refractivity contribution in [1.82, 2.24) is 20.3 Å². The molecule has 32 heavy (non-hydrogen) atoms. The summed E-state index contributed by atoms with van der Waals surface area (Å²) in [5.74, 6) is 0.146. The lowest BCUT2D eigenvalue weighted by molar-refractivity contribution is 0.589. The molecular formula is C23H21ClFN7. The third kappa shape index (κ3) is 4.02. The van der Waals surface area contributed by atoms with Crippen LogP contribution >= 0.6 is 11.6 Å². The number of rotatable bonds is 4. The minimum Gasteiger partial charge on any atom is -0.383 e. The van der Waals surface area contributed by atoms with E-state index in [-0.39, 0.29) is 11.4 Å². The van der Waals surface area contributed by atoms with Gasteiger partial charge in [-0.1, -0.05) is 11.6 Å². The molecule has 0 saturated carbocycles. The molecule has 5 rings (SSSR count). The van der Waals surface area contributed by atoms with E-state index in [0.717, 1.165) is 31.9 Å². The smallest absolute Gasteiger partial charge is 0.229 e. The molecule has 9 heteroatoms. The molecule has 162 valence electrons. The molecule has 0 unspecified atom stereocenters. The molecule has 1 aliphatic rings. The number of fused-ring (bicyclic) bond motifs is 1. The SMILES string of the molecule is Nc1nc(Nc2ccc(N3CCNCC3)cc2)nc2c(-c3cc(Cl)ccc3F)nccc12. The van der Waals surface area contributed by atoms with Crippen LogP contribution in [0.1, 0.15) is 0 Å². The number of aromatic nitrogens is 3. The zero-order valence-corrected chi connectivity index (χ0v) is 17.9. The van der Waals surface area contributed by atoms with Gasteiger partial charge in [0.25, 0.3) is 0 Å². The number of nitrogens with two attached hydrogens (primary N) is 1. The molecule has 3 heterocycles. The number of benzene rings is 2. The lowest BCUT2D eigenvalue weighted by atomic mass is 10.1. The van der Waals surface area contributed by atoms with E-state index in [1.54, 1.807) is 12.3 Å². The van der Waals surface area contributed by atoms with E-state index in [4.69, 9.17) is 17.3 Å². The molecule has 1 saturated heterocycles. The Labute approximate surface area is 189 Å². The maximum Gasteiger partial charge on any atom is 0.229 e. The second-order valence-corrected chi connectivity index (χ2v) is 7.96. The highest BCUT2D eigenvalue weighted by molar-refractivity contribution is 6.30. The van der Waals surface area contributed by atoms with Crippen LogP contribution in [-0.4, -0.2) is 41.1 Å². The van der Waals surface area contributed by atoms with Crippen LogP contribution in [0.5, 0.6) is 0 Å². The minimum atomic E-state index is -0.440. The first-order valence-corrected chi connectivity index (χ1v) is 10.7. The van der Waals surface area contributed by atoms with E-state index in [1.807, 2.05) is 12.1 Å². The van der Waals surface area contributed by atoms with Crippen LogP contribution in [-0.2, 0) is 0 Å². The van der Waals surface area contributed by atoms with Crippen LogP contribution < -0.4 is 21.3 Å². The molecular weight excluding hydrogens is 429 g/mol. The van der Waals surface area contributed by atoms with Gasteiger partial charge in [-0.3, -0.25) is 4.98 Å². The van der Waals surface area contributed by atoms with Crippen LogP contribution in [0.4, 0.5) is 27.5 Å². The first kappa shape index (κ1) is 20.4. The summed E-state index contributed by atoms with van der Waals surface area (Å²) in [4.78, 5) is 15.7. The summed E-state index contributed by atoms with van der Waals surface area (Å²) < 4.78 is 14.5. The number of nitrogens with zero attached hydrogens (tertiary/aromatic N) is 4. The third-order valence-corrected chi connectivity index (χ3v) is 5.67. The van der Waals surface area contributed by atoms with Crippen molar-refractivity contribution in [3.63, 3.8) is 0 Å². The fraction of sp³-hybridized carbons (Fsp3) is 0.174.